The number of aliphatic hydroxyl groups is 1. The molecule has 0 saturated carbocycles. The number of rotatable bonds is 2. The van der Waals surface area contributed by atoms with E-state index in [0.29, 0.717) is 10.0 Å². The molecule has 0 spiro atoms. The summed E-state index contributed by atoms with van der Waals surface area (Å²) in [6.45, 7) is 1.64. The van der Waals surface area contributed by atoms with Gasteiger partial charge in [-0.1, -0.05) is 6.07 Å². The molecule has 0 radical (unpaired) electrons. The first kappa shape index (κ1) is 11.2. The zero-order chi connectivity index (χ0) is 10.7. The lowest BCUT2D eigenvalue weighted by atomic mass is 10.0. The van der Waals surface area contributed by atoms with E-state index in [0.717, 1.165) is 5.56 Å². The van der Waals surface area contributed by atoms with Gasteiger partial charge in [-0.15, -0.1) is 0 Å². The van der Waals surface area contributed by atoms with Crippen LogP contribution >= 0.6 is 15.9 Å². The fourth-order valence-corrected chi connectivity index (χ4v) is 1.59. The minimum Gasteiger partial charge on any atom is -0.391 e. The molecule has 3 nitrogen and oxygen atoms in total. The third-order valence-electron chi connectivity index (χ3n) is 2.02. The molecular weight excluding hydrogens is 244 g/mol. The second kappa shape index (κ2) is 4.56. The van der Waals surface area contributed by atoms with Crippen LogP contribution in [0.4, 0.5) is 0 Å². The van der Waals surface area contributed by atoms with Crippen LogP contribution in [-0.4, -0.2) is 11.2 Å². The van der Waals surface area contributed by atoms with Gasteiger partial charge in [-0.25, -0.2) is 0 Å². The van der Waals surface area contributed by atoms with Gasteiger partial charge in [0.15, 0.2) is 0 Å². The molecule has 1 aromatic rings. The summed E-state index contributed by atoms with van der Waals surface area (Å²) >= 11 is 3.27. The van der Waals surface area contributed by atoms with E-state index in [4.69, 9.17) is 11.0 Å². The van der Waals surface area contributed by atoms with Gasteiger partial charge in [0.2, 0.25) is 0 Å². The average Bonchev–Trinajstić information content (AvgIpc) is 2.16. The molecule has 0 fully saturated rings. The minimum absolute atomic E-state index is 0.418. The minimum atomic E-state index is -0.602. The Hall–Kier alpha value is -0.890. The van der Waals surface area contributed by atoms with Crippen molar-refractivity contribution in [1.82, 2.24) is 0 Å². The number of halogens is 1. The molecule has 0 aliphatic carbocycles. The molecule has 1 aromatic carbocycles. The quantitative estimate of drug-likeness (QED) is 0.844. The van der Waals surface area contributed by atoms with Gasteiger partial charge in [-0.05, 0) is 40.5 Å². The third-order valence-corrected chi connectivity index (χ3v) is 2.67. The van der Waals surface area contributed by atoms with Crippen molar-refractivity contribution in [3.05, 3.63) is 33.8 Å². The van der Waals surface area contributed by atoms with Gasteiger partial charge in [-0.3, -0.25) is 0 Å². The van der Waals surface area contributed by atoms with Crippen molar-refractivity contribution in [3.8, 4) is 6.07 Å². The molecule has 0 aliphatic heterocycles. The molecule has 3 N–H and O–H groups in total. The van der Waals surface area contributed by atoms with Gasteiger partial charge in [0.25, 0.3) is 0 Å². The van der Waals surface area contributed by atoms with Crippen LogP contribution in [0.15, 0.2) is 22.7 Å². The first-order chi connectivity index (χ1) is 6.56. The Kier molecular flexibility index (Phi) is 3.64. The van der Waals surface area contributed by atoms with Crippen molar-refractivity contribution in [2.24, 2.45) is 5.73 Å². The summed E-state index contributed by atoms with van der Waals surface area (Å²) in [4.78, 5) is 0. The Labute approximate surface area is 91.3 Å². The van der Waals surface area contributed by atoms with Gasteiger partial charge < -0.3 is 10.8 Å². The van der Waals surface area contributed by atoms with Crippen LogP contribution in [-0.2, 0) is 0 Å². The SMILES string of the molecule is C[C@H](O)[C@@H](N)c1ccc(C#N)c(Br)c1. The molecule has 0 aromatic heterocycles. The van der Waals surface area contributed by atoms with Crippen molar-refractivity contribution in [1.29, 1.82) is 5.26 Å². The van der Waals surface area contributed by atoms with Crippen LogP contribution in [0.25, 0.3) is 0 Å². The third kappa shape index (κ3) is 2.32. The predicted octanol–water partition coefficient (Wildman–Crippen LogP) is 1.70. The summed E-state index contributed by atoms with van der Waals surface area (Å²) in [5.74, 6) is 0. The van der Waals surface area contributed by atoms with Crippen molar-refractivity contribution < 1.29 is 5.11 Å². The van der Waals surface area contributed by atoms with E-state index in [1.807, 2.05) is 6.07 Å². The number of hydrogen-bond acceptors (Lipinski definition) is 3. The standard InChI is InChI=1S/C10H11BrN2O/c1-6(14)10(13)7-2-3-8(5-12)9(11)4-7/h2-4,6,10,14H,13H2,1H3/t6-,10+/m0/s1. The van der Waals surface area contributed by atoms with Gasteiger partial charge >= 0.3 is 0 Å². The van der Waals surface area contributed by atoms with Gasteiger partial charge in [0, 0.05) is 4.47 Å². The first-order valence-corrected chi connectivity index (χ1v) is 4.98. The van der Waals surface area contributed by atoms with Crippen LogP contribution in [0.5, 0.6) is 0 Å². The first-order valence-electron chi connectivity index (χ1n) is 4.19. The molecule has 0 unspecified atom stereocenters. The molecule has 74 valence electrons. The maximum atomic E-state index is 9.29. The highest BCUT2D eigenvalue weighted by molar-refractivity contribution is 9.10. The molecule has 0 amide bonds. The molecule has 1 rings (SSSR count). The Morgan fingerprint density at radius 1 is 1.57 bits per heavy atom. The van der Waals surface area contributed by atoms with E-state index in [1.165, 1.54) is 0 Å². The lowest BCUT2D eigenvalue weighted by Gasteiger charge is -2.15. The maximum absolute atomic E-state index is 9.29. The zero-order valence-electron chi connectivity index (χ0n) is 7.74. The van der Waals surface area contributed by atoms with Crippen LogP contribution in [0.2, 0.25) is 0 Å². The number of hydrogen-bond donors (Lipinski definition) is 2. The highest BCUT2D eigenvalue weighted by Crippen LogP contribution is 2.22. The summed E-state index contributed by atoms with van der Waals surface area (Å²) in [5, 5.41) is 18.0. The van der Waals surface area contributed by atoms with E-state index in [-0.39, 0.29) is 0 Å². The molecule has 0 heterocycles. The van der Waals surface area contributed by atoms with Crippen molar-refractivity contribution in [2.45, 2.75) is 19.1 Å². The fraction of sp³-hybridized carbons (Fsp3) is 0.300. The van der Waals surface area contributed by atoms with Gasteiger partial charge in [0.05, 0.1) is 17.7 Å². The summed E-state index contributed by atoms with van der Waals surface area (Å²) < 4.78 is 0.702. The van der Waals surface area contributed by atoms with Crippen LogP contribution in [0.1, 0.15) is 24.1 Å². The predicted molar refractivity (Wildman–Crippen MR) is 57.5 cm³/mol. The van der Waals surface area contributed by atoms with Crippen molar-refractivity contribution in [3.63, 3.8) is 0 Å². The van der Waals surface area contributed by atoms with Crippen LogP contribution in [0, 0.1) is 11.3 Å². The van der Waals surface area contributed by atoms with E-state index in [9.17, 15) is 5.11 Å². The maximum Gasteiger partial charge on any atom is 0.100 e. The molecule has 0 aliphatic rings. The van der Waals surface area contributed by atoms with Crippen LogP contribution < -0.4 is 5.73 Å². The molecule has 14 heavy (non-hydrogen) atoms. The van der Waals surface area contributed by atoms with E-state index < -0.39 is 12.1 Å². The summed E-state index contributed by atoms with van der Waals surface area (Å²) in [7, 11) is 0. The summed E-state index contributed by atoms with van der Waals surface area (Å²) in [5.41, 5.74) is 7.12. The number of benzene rings is 1. The molecule has 0 saturated heterocycles. The Morgan fingerprint density at radius 3 is 2.64 bits per heavy atom. The van der Waals surface area contributed by atoms with Crippen molar-refractivity contribution in [2.75, 3.05) is 0 Å². The monoisotopic (exact) mass is 254 g/mol. The van der Waals surface area contributed by atoms with Crippen LogP contribution in [0.3, 0.4) is 0 Å². The van der Waals surface area contributed by atoms with Crippen molar-refractivity contribution >= 4 is 15.9 Å². The molecule has 2 atom stereocenters. The van der Waals surface area contributed by atoms with E-state index in [1.54, 1.807) is 25.1 Å². The lowest BCUT2D eigenvalue weighted by molar-refractivity contribution is 0.164. The number of nitrogens with zero attached hydrogens (tertiary/aromatic N) is 1. The van der Waals surface area contributed by atoms with Gasteiger partial charge in [0.1, 0.15) is 6.07 Å². The second-order valence-electron chi connectivity index (χ2n) is 3.12. The molecular formula is C10H11BrN2O. The normalized spacial score (nSPS) is 14.5. The van der Waals surface area contributed by atoms with E-state index >= 15 is 0 Å². The highest BCUT2D eigenvalue weighted by atomic mass is 79.9. The second-order valence-corrected chi connectivity index (χ2v) is 3.97. The summed E-state index contributed by atoms with van der Waals surface area (Å²) in [6, 6.07) is 6.82. The average molecular weight is 255 g/mol. The highest BCUT2D eigenvalue weighted by Gasteiger charge is 2.12. The molecule has 0 bridgehead atoms. The number of nitrogens with two attached hydrogens (primary N) is 1. The number of aliphatic hydroxyl groups excluding tert-OH is 1. The zero-order valence-corrected chi connectivity index (χ0v) is 9.32. The largest absolute Gasteiger partial charge is 0.391 e. The Bertz CT molecular complexity index is 371. The summed E-state index contributed by atoms with van der Waals surface area (Å²) in [6.07, 6.45) is -0.602. The number of nitriles is 1. The Balaban J connectivity index is 3.04. The smallest absolute Gasteiger partial charge is 0.100 e. The topological polar surface area (TPSA) is 70.0 Å². The fourth-order valence-electron chi connectivity index (χ4n) is 1.11. The van der Waals surface area contributed by atoms with Gasteiger partial charge in [-0.2, -0.15) is 5.26 Å². The van der Waals surface area contributed by atoms with E-state index in [2.05, 4.69) is 15.9 Å². The lowest BCUT2D eigenvalue weighted by Crippen LogP contribution is -2.23. The molecule has 4 heteroatoms. The Morgan fingerprint density at radius 2 is 2.21 bits per heavy atom.